The van der Waals surface area contributed by atoms with E-state index in [1.807, 2.05) is 11.8 Å². The molecular weight excluding hydrogens is 238 g/mol. The zero-order chi connectivity index (χ0) is 12.0. The number of nitrogens with two attached hydrogens (primary N) is 1. The van der Waals surface area contributed by atoms with Gasteiger partial charge in [-0.25, -0.2) is 0 Å². The van der Waals surface area contributed by atoms with Crippen LogP contribution >= 0.6 is 11.8 Å². The molecule has 1 aliphatic carbocycles. The highest BCUT2D eigenvalue weighted by molar-refractivity contribution is 7.99. The number of thioether (sulfide) groups is 1. The van der Waals surface area contributed by atoms with Gasteiger partial charge in [-0.05, 0) is 25.0 Å². The number of ether oxygens (including phenoxy) is 2. The zero-order valence-electron chi connectivity index (χ0n) is 10.1. The van der Waals surface area contributed by atoms with Crippen molar-refractivity contribution in [2.45, 2.75) is 49.0 Å². The Morgan fingerprint density at radius 2 is 1.65 bits per heavy atom. The molecule has 0 bridgehead atoms. The molecule has 1 atom stereocenters. The summed E-state index contributed by atoms with van der Waals surface area (Å²) >= 11 is 1.85. The summed E-state index contributed by atoms with van der Waals surface area (Å²) in [5.41, 5.74) is 5.27. The van der Waals surface area contributed by atoms with E-state index in [2.05, 4.69) is 0 Å². The van der Waals surface area contributed by atoms with E-state index < -0.39 is 16.9 Å². The summed E-state index contributed by atoms with van der Waals surface area (Å²) in [7, 11) is 0. The van der Waals surface area contributed by atoms with Crippen molar-refractivity contribution >= 4 is 11.8 Å². The Labute approximate surface area is 106 Å². The van der Waals surface area contributed by atoms with Gasteiger partial charge in [-0.1, -0.05) is 0 Å². The van der Waals surface area contributed by atoms with Gasteiger partial charge in [0, 0.05) is 18.6 Å². The average Bonchev–Trinajstić information content (AvgIpc) is 2.94. The van der Waals surface area contributed by atoms with Gasteiger partial charge in [0.15, 0.2) is 5.79 Å². The summed E-state index contributed by atoms with van der Waals surface area (Å²) in [5.74, 6) is 1.53. The van der Waals surface area contributed by atoms with E-state index in [0.717, 1.165) is 30.8 Å². The fraction of sp³-hybridized carbons (Fsp3) is 1.00. The van der Waals surface area contributed by atoms with E-state index >= 15 is 0 Å². The number of hydrogen-bond acceptors (Lipinski definition) is 5. The SMILES string of the molecule is NC1(C2(O)CCC3(CC2)OCCO3)CCSC1. The molecule has 0 aromatic rings. The topological polar surface area (TPSA) is 64.7 Å². The third-order valence-corrected chi connectivity index (χ3v) is 5.84. The lowest BCUT2D eigenvalue weighted by atomic mass is 9.69. The minimum absolute atomic E-state index is 0.405. The van der Waals surface area contributed by atoms with Gasteiger partial charge >= 0.3 is 0 Å². The van der Waals surface area contributed by atoms with E-state index in [0.29, 0.717) is 26.1 Å². The molecular formula is C12H21NO3S. The van der Waals surface area contributed by atoms with Crippen LogP contribution in [0.5, 0.6) is 0 Å². The summed E-state index contributed by atoms with van der Waals surface area (Å²) in [5, 5.41) is 10.8. The molecule has 3 N–H and O–H groups in total. The molecule has 2 saturated heterocycles. The van der Waals surface area contributed by atoms with E-state index in [4.69, 9.17) is 15.2 Å². The molecule has 3 fully saturated rings. The van der Waals surface area contributed by atoms with E-state index in [9.17, 15) is 5.11 Å². The third-order valence-electron chi connectivity index (χ3n) is 4.63. The predicted molar refractivity (Wildman–Crippen MR) is 66.9 cm³/mol. The van der Waals surface area contributed by atoms with E-state index in [1.165, 1.54) is 0 Å². The van der Waals surface area contributed by atoms with Crippen molar-refractivity contribution in [2.75, 3.05) is 24.7 Å². The predicted octanol–water partition coefficient (Wildman–Crippen LogP) is 0.869. The second-order valence-electron chi connectivity index (χ2n) is 5.60. The van der Waals surface area contributed by atoms with Crippen LogP contribution in [0, 0.1) is 0 Å². The summed E-state index contributed by atoms with van der Waals surface area (Å²) in [6.45, 7) is 1.37. The average molecular weight is 259 g/mol. The molecule has 3 rings (SSSR count). The summed E-state index contributed by atoms with van der Waals surface area (Å²) in [6, 6.07) is 0. The van der Waals surface area contributed by atoms with Gasteiger partial charge in [-0.3, -0.25) is 0 Å². The fourth-order valence-electron chi connectivity index (χ4n) is 3.28. The molecule has 5 heteroatoms. The van der Waals surface area contributed by atoms with Crippen molar-refractivity contribution in [3.8, 4) is 0 Å². The largest absolute Gasteiger partial charge is 0.388 e. The van der Waals surface area contributed by atoms with Crippen molar-refractivity contribution in [3.05, 3.63) is 0 Å². The third kappa shape index (κ3) is 1.92. The summed E-state index contributed by atoms with van der Waals surface area (Å²) in [4.78, 5) is 0. The van der Waals surface area contributed by atoms with Crippen molar-refractivity contribution in [1.29, 1.82) is 0 Å². The first-order valence-electron chi connectivity index (χ1n) is 6.45. The Balaban J connectivity index is 1.70. The summed E-state index contributed by atoms with van der Waals surface area (Å²) in [6.07, 6.45) is 3.86. The van der Waals surface area contributed by atoms with Gasteiger partial charge in [-0.2, -0.15) is 11.8 Å². The van der Waals surface area contributed by atoms with Crippen molar-refractivity contribution in [2.24, 2.45) is 5.73 Å². The van der Waals surface area contributed by atoms with Gasteiger partial charge in [0.25, 0.3) is 0 Å². The molecule has 17 heavy (non-hydrogen) atoms. The molecule has 0 radical (unpaired) electrons. The lowest BCUT2D eigenvalue weighted by molar-refractivity contribution is -0.211. The molecule has 2 heterocycles. The van der Waals surface area contributed by atoms with Crippen LogP contribution in [0.15, 0.2) is 0 Å². The normalized spacial score (nSPS) is 39.9. The number of hydrogen-bond donors (Lipinski definition) is 2. The smallest absolute Gasteiger partial charge is 0.168 e. The molecule has 3 aliphatic rings. The van der Waals surface area contributed by atoms with Crippen LogP contribution in [0.25, 0.3) is 0 Å². The Bertz CT molecular complexity index is 288. The first-order valence-corrected chi connectivity index (χ1v) is 7.60. The van der Waals surface area contributed by atoms with Gasteiger partial charge in [0.05, 0.1) is 24.4 Å². The lowest BCUT2D eigenvalue weighted by Gasteiger charge is -2.48. The van der Waals surface area contributed by atoms with Crippen LogP contribution in [0.2, 0.25) is 0 Å². The molecule has 98 valence electrons. The molecule has 1 spiro atoms. The Morgan fingerprint density at radius 1 is 1.00 bits per heavy atom. The molecule has 4 nitrogen and oxygen atoms in total. The van der Waals surface area contributed by atoms with Crippen LogP contribution in [-0.4, -0.2) is 46.8 Å². The van der Waals surface area contributed by atoms with Gasteiger partial charge < -0.3 is 20.3 Å². The van der Waals surface area contributed by atoms with Gasteiger partial charge in [0.1, 0.15) is 0 Å². The highest BCUT2D eigenvalue weighted by atomic mass is 32.2. The maximum atomic E-state index is 10.8. The minimum Gasteiger partial charge on any atom is -0.388 e. The first kappa shape index (κ1) is 12.2. The molecule has 0 aromatic carbocycles. The standard InChI is InChI=1S/C12H21NO3S/c13-10(5-8-17-9-10)11(14)1-3-12(4-2-11)15-6-7-16-12/h14H,1-9,13H2. The summed E-state index contributed by atoms with van der Waals surface area (Å²) < 4.78 is 11.4. The lowest BCUT2D eigenvalue weighted by Crippen LogP contribution is -2.63. The van der Waals surface area contributed by atoms with E-state index in [-0.39, 0.29) is 0 Å². The monoisotopic (exact) mass is 259 g/mol. The van der Waals surface area contributed by atoms with Crippen LogP contribution in [-0.2, 0) is 9.47 Å². The van der Waals surface area contributed by atoms with Crippen LogP contribution in [0.4, 0.5) is 0 Å². The number of aliphatic hydroxyl groups is 1. The Kier molecular flexibility index (Phi) is 2.95. The fourth-order valence-corrected chi connectivity index (χ4v) is 4.71. The molecule has 0 amide bonds. The number of rotatable bonds is 1. The molecule has 1 saturated carbocycles. The van der Waals surface area contributed by atoms with Crippen LogP contribution < -0.4 is 5.73 Å². The van der Waals surface area contributed by atoms with Crippen LogP contribution in [0.3, 0.4) is 0 Å². The first-order chi connectivity index (χ1) is 8.08. The minimum atomic E-state index is -0.725. The maximum Gasteiger partial charge on any atom is 0.168 e. The highest BCUT2D eigenvalue weighted by Crippen LogP contribution is 2.47. The zero-order valence-corrected chi connectivity index (χ0v) is 10.9. The van der Waals surface area contributed by atoms with Gasteiger partial charge in [0.2, 0.25) is 0 Å². The molecule has 1 unspecified atom stereocenters. The van der Waals surface area contributed by atoms with Crippen LogP contribution in [0.1, 0.15) is 32.1 Å². The Morgan fingerprint density at radius 3 is 2.18 bits per heavy atom. The second kappa shape index (κ2) is 4.10. The molecule has 2 aliphatic heterocycles. The maximum absolute atomic E-state index is 10.8. The highest BCUT2D eigenvalue weighted by Gasteiger charge is 2.54. The van der Waals surface area contributed by atoms with Crippen molar-refractivity contribution < 1.29 is 14.6 Å². The second-order valence-corrected chi connectivity index (χ2v) is 6.70. The van der Waals surface area contributed by atoms with Gasteiger partial charge in [-0.15, -0.1) is 0 Å². The van der Waals surface area contributed by atoms with E-state index in [1.54, 1.807) is 0 Å². The molecule has 0 aromatic heterocycles. The van der Waals surface area contributed by atoms with Crippen molar-refractivity contribution in [1.82, 2.24) is 0 Å². The quantitative estimate of drug-likeness (QED) is 0.731. The van der Waals surface area contributed by atoms with Crippen molar-refractivity contribution in [3.63, 3.8) is 0 Å². The Hall–Kier alpha value is 0.190.